The standard InChI is InChI=1S/C16H18FN5O3/c17-12-3-1-11(2-4-12)14-9-21(5-6-25-14)16(24)20-13-7-19-22(8-13)10-15(18)23/h1-4,7-8,14H,5-6,9-10H2,(H2,18,23)(H,20,24)/t14-/m1/s1. The van der Waals surface area contributed by atoms with Gasteiger partial charge in [-0.2, -0.15) is 5.10 Å². The van der Waals surface area contributed by atoms with Crippen LogP contribution in [-0.4, -0.2) is 46.3 Å². The van der Waals surface area contributed by atoms with Crippen LogP contribution in [0.3, 0.4) is 0 Å². The van der Waals surface area contributed by atoms with Crippen molar-refractivity contribution in [1.82, 2.24) is 14.7 Å². The summed E-state index contributed by atoms with van der Waals surface area (Å²) in [7, 11) is 0. The second kappa shape index (κ2) is 7.31. The molecule has 0 radical (unpaired) electrons. The van der Waals surface area contributed by atoms with Crippen LogP contribution in [0.4, 0.5) is 14.9 Å². The smallest absolute Gasteiger partial charge is 0.322 e. The van der Waals surface area contributed by atoms with E-state index in [1.54, 1.807) is 17.0 Å². The molecule has 8 nitrogen and oxygen atoms in total. The first-order valence-electron chi connectivity index (χ1n) is 7.75. The van der Waals surface area contributed by atoms with Crippen LogP contribution in [0.2, 0.25) is 0 Å². The van der Waals surface area contributed by atoms with Crippen molar-refractivity contribution >= 4 is 17.6 Å². The number of primary amides is 1. The quantitative estimate of drug-likeness (QED) is 0.865. The van der Waals surface area contributed by atoms with Gasteiger partial charge in [0.1, 0.15) is 18.5 Å². The Labute approximate surface area is 143 Å². The zero-order valence-corrected chi connectivity index (χ0v) is 13.4. The van der Waals surface area contributed by atoms with Crippen molar-refractivity contribution < 1.29 is 18.7 Å². The number of morpholine rings is 1. The molecule has 3 amide bonds. The van der Waals surface area contributed by atoms with Gasteiger partial charge in [0.2, 0.25) is 5.91 Å². The van der Waals surface area contributed by atoms with Gasteiger partial charge in [-0.3, -0.25) is 9.48 Å². The number of nitrogens with one attached hydrogen (secondary N) is 1. The van der Waals surface area contributed by atoms with Crippen molar-refractivity contribution in [3.8, 4) is 0 Å². The number of hydrogen-bond acceptors (Lipinski definition) is 4. The largest absolute Gasteiger partial charge is 0.370 e. The highest BCUT2D eigenvalue weighted by Crippen LogP contribution is 2.23. The molecule has 1 aliphatic rings. The van der Waals surface area contributed by atoms with Crippen LogP contribution in [0.15, 0.2) is 36.7 Å². The number of anilines is 1. The van der Waals surface area contributed by atoms with E-state index in [1.165, 1.54) is 29.2 Å². The topological polar surface area (TPSA) is 102 Å². The summed E-state index contributed by atoms with van der Waals surface area (Å²) in [6.07, 6.45) is 2.66. The van der Waals surface area contributed by atoms with E-state index in [0.717, 1.165) is 5.56 Å². The minimum atomic E-state index is -0.517. The molecule has 2 aromatic rings. The normalized spacial score (nSPS) is 17.3. The summed E-state index contributed by atoms with van der Waals surface area (Å²) in [5, 5.41) is 6.67. The Kier molecular flexibility index (Phi) is 4.94. The minimum absolute atomic E-state index is 0.0555. The number of carbonyl (C=O) groups is 2. The average molecular weight is 347 g/mol. The molecule has 2 heterocycles. The second-order valence-electron chi connectivity index (χ2n) is 5.68. The van der Waals surface area contributed by atoms with Gasteiger partial charge in [-0.1, -0.05) is 12.1 Å². The highest BCUT2D eigenvalue weighted by molar-refractivity contribution is 5.89. The first-order chi connectivity index (χ1) is 12.0. The van der Waals surface area contributed by atoms with Crippen LogP contribution >= 0.6 is 0 Å². The van der Waals surface area contributed by atoms with E-state index in [2.05, 4.69) is 10.4 Å². The fourth-order valence-corrected chi connectivity index (χ4v) is 2.59. The summed E-state index contributed by atoms with van der Waals surface area (Å²) in [6, 6.07) is 5.73. The Hall–Kier alpha value is -2.94. The van der Waals surface area contributed by atoms with Crippen LogP contribution in [0.25, 0.3) is 0 Å². The third-order valence-corrected chi connectivity index (χ3v) is 3.80. The number of rotatable bonds is 4. The van der Waals surface area contributed by atoms with Crippen molar-refractivity contribution in [2.75, 3.05) is 25.0 Å². The molecule has 25 heavy (non-hydrogen) atoms. The molecule has 0 saturated carbocycles. The number of ether oxygens (including phenoxy) is 1. The van der Waals surface area contributed by atoms with Crippen LogP contribution in [0, 0.1) is 5.82 Å². The Morgan fingerprint density at radius 2 is 2.12 bits per heavy atom. The van der Waals surface area contributed by atoms with Gasteiger partial charge in [-0.25, -0.2) is 9.18 Å². The first-order valence-corrected chi connectivity index (χ1v) is 7.75. The molecule has 0 bridgehead atoms. The highest BCUT2D eigenvalue weighted by atomic mass is 19.1. The minimum Gasteiger partial charge on any atom is -0.370 e. The van der Waals surface area contributed by atoms with Crippen molar-refractivity contribution in [3.63, 3.8) is 0 Å². The predicted octanol–water partition coefficient (Wildman–Crippen LogP) is 1.11. The fraction of sp³-hybridized carbons (Fsp3) is 0.312. The molecule has 1 aliphatic heterocycles. The Morgan fingerprint density at radius 3 is 2.84 bits per heavy atom. The van der Waals surface area contributed by atoms with Crippen LogP contribution < -0.4 is 11.1 Å². The van der Waals surface area contributed by atoms with Gasteiger partial charge in [-0.05, 0) is 17.7 Å². The average Bonchev–Trinajstić information content (AvgIpc) is 3.01. The lowest BCUT2D eigenvalue weighted by atomic mass is 10.1. The highest BCUT2D eigenvalue weighted by Gasteiger charge is 2.25. The summed E-state index contributed by atoms with van der Waals surface area (Å²) in [5.41, 5.74) is 6.38. The third kappa shape index (κ3) is 4.32. The number of carbonyl (C=O) groups excluding carboxylic acids is 2. The summed E-state index contributed by atoms with van der Waals surface area (Å²) in [5.74, 6) is -0.835. The van der Waals surface area contributed by atoms with E-state index >= 15 is 0 Å². The molecule has 3 rings (SSSR count). The summed E-state index contributed by atoms with van der Waals surface area (Å²) in [4.78, 5) is 24.9. The molecule has 1 saturated heterocycles. The summed E-state index contributed by atoms with van der Waals surface area (Å²) >= 11 is 0. The van der Waals surface area contributed by atoms with Crippen LogP contribution in [-0.2, 0) is 16.1 Å². The molecule has 9 heteroatoms. The van der Waals surface area contributed by atoms with Gasteiger partial charge < -0.3 is 20.7 Å². The maximum atomic E-state index is 13.0. The molecule has 132 valence electrons. The summed E-state index contributed by atoms with van der Waals surface area (Å²) in [6.45, 7) is 1.13. The predicted molar refractivity (Wildman–Crippen MR) is 87.1 cm³/mol. The Bertz CT molecular complexity index is 761. The Balaban J connectivity index is 1.60. The lowest BCUT2D eigenvalue weighted by Gasteiger charge is -2.33. The summed E-state index contributed by atoms with van der Waals surface area (Å²) < 4.78 is 20.0. The lowest BCUT2D eigenvalue weighted by Crippen LogP contribution is -2.44. The zero-order valence-electron chi connectivity index (χ0n) is 13.4. The van der Waals surface area contributed by atoms with E-state index in [1.807, 2.05) is 0 Å². The first kappa shape index (κ1) is 16.9. The third-order valence-electron chi connectivity index (χ3n) is 3.80. The van der Waals surface area contributed by atoms with E-state index in [4.69, 9.17) is 10.5 Å². The molecular weight excluding hydrogens is 329 g/mol. The number of amides is 3. The van der Waals surface area contributed by atoms with Gasteiger partial charge in [0.05, 0.1) is 25.0 Å². The maximum absolute atomic E-state index is 13.0. The SMILES string of the molecule is NC(=O)Cn1cc(NC(=O)N2CCO[C@@H](c3ccc(F)cc3)C2)cn1. The number of benzene rings is 1. The molecule has 1 fully saturated rings. The van der Waals surface area contributed by atoms with Gasteiger partial charge in [0.25, 0.3) is 0 Å². The Morgan fingerprint density at radius 1 is 1.36 bits per heavy atom. The number of halogens is 1. The zero-order chi connectivity index (χ0) is 17.8. The molecular formula is C16H18FN5O3. The second-order valence-corrected chi connectivity index (χ2v) is 5.68. The number of urea groups is 1. The van der Waals surface area contributed by atoms with Crippen LogP contribution in [0.5, 0.6) is 0 Å². The lowest BCUT2D eigenvalue weighted by molar-refractivity contribution is -0.118. The number of aromatic nitrogens is 2. The van der Waals surface area contributed by atoms with Crippen LogP contribution in [0.1, 0.15) is 11.7 Å². The molecule has 0 aliphatic carbocycles. The van der Waals surface area contributed by atoms with E-state index in [0.29, 0.717) is 25.4 Å². The number of hydrogen-bond donors (Lipinski definition) is 2. The van der Waals surface area contributed by atoms with Gasteiger partial charge in [0, 0.05) is 12.7 Å². The maximum Gasteiger partial charge on any atom is 0.322 e. The van der Waals surface area contributed by atoms with E-state index in [-0.39, 0.29) is 24.5 Å². The van der Waals surface area contributed by atoms with Crippen molar-refractivity contribution in [3.05, 3.63) is 48.0 Å². The van der Waals surface area contributed by atoms with Crippen molar-refractivity contribution in [2.45, 2.75) is 12.6 Å². The van der Waals surface area contributed by atoms with E-state index in [9.17, 15) is 14.0 Å². The molecule has 1 atom stereocenters. The van der Waals surface area contributed by atoms with Gasteiger partial charge >= 0.3 is 6.03 Å². The molecule has 1 aromatic heterocycles. The van der Waals surface area contributed by atoms with Crippen molar-refractivity contribution in [2.24, 2.45) is 5.73 Å². The molecule has 3 N–H and O–H groups in total. The molecule has 0 unspecified atom stereocenters. The van der Waals surface area contributed by atoms with E-state index < -0.39 is 5.91 Å². The number of nitrogens with zero attached hydrogens (tertiary/aromatic N) is 3. The fourth-order valence-electron chi connectivity index (χ4n) is 2.59. The monoisotopic (exact) mass is 347 g/mol. The number of nitrogens with two attached hydrogens (primary N) is 1. The van der Waals surface area contributed by atoms with Crippen molar-refractivity contribution in [1.29, 1.82) is 0 Å². The molecule has 1 aromatic carbocycles. The van der Waals surface area contributed by atoms with Gasteiger partial charge in [0.15, 0.2) is 0 Å². The molecule has 0 spiro atoms. The van der Waals surface area contributed by atoms with Gasteiger partial charge in [-0.15, -0.1) is 0 Å².